The van der Waals surface area contributed by atoms with Crippen molar-refractivity contribution in [3.63, 3.8) is 0 Å². The van der Waals surface area contributed by atoms with E-state index >= 15 is 0 Å². The summed E-state index contributed by atoms with van der Waals surface area (Å²) in [4.78, 5) is 28.7. The molecule has 1 atom stereocenters. The molecule has 0 bridgehead atoms. The van der Waals surface area contributed by atoms with E-state index in [1.54, 1.807) is 43.5 Å². The van der Waals surface area contributed by atoms with E-state index in [9.17, 15) is 9.59 Å². The number of carbonyl (C=O) groups excluding carboxylic acids is 2. The molecule has 1 unspecified atom stereocenters. The lowest BCUT2D eigenvalue weighted by molar-refractivity contribution is -0.121. The zero-order valence-electron chi connectivity index (χ0n) is 18.2. The standard InChI is InChI=1S/C25H27N3O4/c1-3-31-21-9-11-22(12-10-21)32-24-16-19(13-14-26-24)17-27-23(29)15-18(2)28-25(30)20-7-5-4-6-8-20/h4-14,16,18H,3,15,17H2,1-2H3,(H,27,29)(H,28,30). The van der Waals surface area contributed by atoms with Crippen molar-refractivity contribution in [2.24, 2.45) is 0 Å². The number of carbonyl (C=O) groups is 2. The zero-order chi connectivity index (χ0) is 22.8. The van der Waals surface area contributed by atoms with Crippen molar-refractivity contribution in [2.45, 2.75) is 32.9 Å². The largest absolute Gasteiger partial charge is 0.494 e. The van der Waals surface area contributed by atoms with Crippen LogP contribution in [0.15, 0.2) is 72.9 Å². The summed E-state index contributed by atoms with van der Waals surface area (Å²) in [6.45, 7) is 4.67. The van der Waals surface area contributed by atoms with Crippen LogP contribution < -0.4 is 20.1 Å². The minimum Gasteiger partial charge on any atom is -0.494 e. The molecular formula is C25H27N3O4. The van der Waals surface area contributed by atoms with Gasteiger partial charge >= 0.3 is 0 Å². The maximum Gasteiger partial charge on any atom is 0.251 e. The van der Waals surface area contributed by atoms with Gasteiger partial charge in [0.05, 0.1) is 6.61 Å². The van der Waals surface area contributed by atoms with Crippen molar-refractivity contribution in [1.82, 2.24) is 15.6 Å². The molecule has 3 rings (SSSR count). The Morgan fingerprint density at radius 1 is 1.00 bits per heavy atom. The first kappa shape index (κ1) is 22.8. The van der Waals surface area contributed by atoms with E-state index in [1.165, 1.54) is 0 Å². The number of hydrogen-bond donors (Lipinski definition) is 2. The molecule has 0 saturated carbocycles. The molecule has 7 heteroatoms. The highest BCUT2D eigenvalue weighted by atomic mass is 16.5. The lowest BCUT2D eigenvalue weighted by Gasteiger charge is -2.14. The number of hydrogen-bond acceptors (Lipinski definition) is 5. The maximum atomic E-state index is 12.3. The predicted octanol–water partition coefficient (Wildman–Crippen LogP) is 4.10. The number of ether oxygens (including phenoxy) is 2. The summed E-state index contributed by atoms with van der Waals surface area (Å²) in [5, 5.41) is 5.70. The monoisotopic (exact) mass is 433 g/mol. The van der Waals surface area contributed by atoms with E-state index in [-0.39, 0.29) is 24.3 Å². The van der Waals surface area contributed by atoms with Gasteiger partial charge in [-0.1, -0.05) is 18.2 Å². The van der Waals surface area contributed by atoms with Crippen LogP contribution in [-0.2, 0) is 11.3 Å². The number of pyridine rings is 1. The highest BCUT2D eigenvalue weighted by molar-refractivity contribution is 5.94. The summed E-state index contributed by atoms with van der Waals surface area (Å²) in [5.41, 5.74) is 1.42. The third-order valence-electron chi connectivity index (χ3n) is 4.55. The smallest absolute Gasteiger partial charge is 0.251 e. The normalized spacial score (nSPS) is 11.3. The molecule has 166 valence electrons. The molecule has 2 N–H and O–H groups in total. The van der Waals surface area contributed by atoms with Gasteiger partial charge in [-0.15, -0.1) is 0 Å². The Kier molecular flexibility index (Phi) is 8.20. The van der Waals surface area contributed by atoms with E-state index in [2.05, 4.69) is 15.6 Å². The molecule has 0 aliphatic heterocycles. The molecule has 0 aliphatic rings. The van der Waals surface area contributed by atoms with Crippen LogP contribution in [0.1, 0.15) is 36.2 Å². The highest BCUT2D eigenvalue weighted by Crippen LogP contribution is 2.23. The van der Waals surface area contributed by atoms with Crippen LogP contribution in [0.25, 0.3) is 0 Å². The molecule has 1 aromatic heterocycles. The van der Waals surface area contributed by atoms with Crippen LogP contribution in [0.3, 0.4) is 0 Å². The average Bonchev–Trinajstić information content (AvgIpc) is 2.80. The zero-order valence-corrected chi connectivity index (χ0v) is 18.2. The minimum absolute atomic E-state index is 0.156. The molecule has 0 fully saturated rings. The second-order valence-corrected chi connectivity index (χ2v) is 7.23. The summed E-state index contributed by atoms with van der Waals surface area (Å²) in [6.07, 6.45) is 1.81. The Morgan fingerprint density at radius 2 is 1.72 bits per heavy atom. The van der Waals surface area contributed by atoms with Gasteiger partial charge in [-0.3, -0.25) is 9.59 Å². The van der Waals surface area contributed by atoms with Gasteiger partial charge in [0.25, 0.3) is 5.91 Å². The van der Waals surface area contributed by atoms with Crippen LogP contribution in [0.5, 0.6) is 17.4 Å². The van der Waals surface area contributed by atoms with Gasteiger partial charge in [-0.25, -0.2) is 4.98 Å². The first-order chi connectivity index (χ1) is 15.5. The van der Waals surface area contributed by atoms with Gasteiger partial charge in [0.2, 0.25) is 11.8 Å². The summed E-state index contributed by atoms with van der Waals surface area (Å²) in [6, 6.07) is 19.5. The van der Waals surface area contributed by atoms with Gasteiger partial charge in [0.15, 0.2) is 0 Å². The maximum absolute atomic E-state index is 12.3. The summed E-state index contributed by atoms with van der Waals surface area (Å²) in [5.74, 6) is 1.50. The molecular weight excluding hydrogens is 406 g/mol. The average molecular weight is 434 g/mol. The summed E-state index contributed by atoms with van der Waals surface area (Å²) < 4.78 is 11.2. The van der Waals surface area contributed by atoms with Crippen molar-refractivity contribution in [2.75, 3.05) is 6.61 Å². The van der Waals surface area contributed by atoms with Crippen molar-refractivity contribution in [3.8, 4) is 17.4 Å². The van der Waals surface area contributed by atoms with Gasteiger partial charge in [0, 0.05) is 36.8 Å². The van der Waals surface area contributed by atoms with E-state index in [0.717, 1.165) is 11.3 Å². The molecule has 32 heavy (non-hydrogen) atoms. The molecule has 2 amide bonds. The molecule has 3 aromatic rings. The van der Waals surface area contributed by atoms with Crippen molar-refractivity contribution < 1.29 is 19.1 Å². The topological polar surface area (TPSA) is 89.5 Å². The Hall–Kier alpha value is -3.87. The minimum atomic E-state index is -0.293. The Morgan fingerprint density at radius 3 is 2.44 bits per heavy atom. The van der Waals surface area contributed by atoms with Crippen molar-refractivity contribution >= 4 is 11.8 Å². The number of nitrogens with one attached hydrogen (secondary N) is 2. The fourth-order valence-electron chi connectivity index (χ4n) is 3.01. The number of rotatable bonds is 10. The lowest BCUT2D eigenvalue weighted by atomic mass is 10.1. The fourth-order valence-corrected chi connectivity index (χ4v) is 3.01. The molecule has 0 spiro atoms. The van der Waals surface area contributed by atoms with E-state index in [4.69, 9.17) is 9.47 Å². The van der Waals surface area contributed by atoms with Crippen molar-refractivity contribution in [3.05, 3.63) is 84.1 Å². The number of amides is 2. The van der Waals surface area contributed by atoms with Crippen LogP contribution in [0.4, 0.5) is 0 Å². The number of nitrogens with zero attached hydrogens (tertiary/aromatic N) is 1. The van der Waals surface area contributed by atoms with E-state index < -0.39 is 0 Å². The van der Waals surface area contributed by atoms with Crippen LogP contribution in [0.2, 0.25) is 0 Å². The van der Waals surface area contributed by atoms with Gasteiger partial charge in [-0.05, 0) is 61.9 Å². The Balaban J connectivity index is 1.46. The van der Waals surface area contributed by atoms with Crippen LogP contribution in [-0.4, -0.2) is 29.4 Å². The Labute approximate surface area is 187 Å². The first-order valence-electron chi connectivity index (χ1n) is 10.5. The molecule has 7 nitrogen and oxygen atoms in total. The van der Waals surface area contributed by atoms with Crippen molar-refractivity contribution in [1.29, 1.82) is 0 Å². The number of benzene rings is 2. The predicted molar refractivity (Wildman–Crippen MR) is 122 cm³/mol. The molecule has 2 aromatic carbocycles. The third-order valence-corrected chi connectivity index (χ3v) is 4.55. The fraction of sp³-hybridized carbons (Fsp3) is 0.240. The molecule has 0 aliphatic carbocycles. The second-order valence-electron chi connectivity index (χ2n) is 7.23. The van der Waals surface area contributed by atoms with Gasteiger partial charge in [-0.2, -0.15) is 0 Å². The third kappa shape index (κ3) is 7.12. The van der Waals surface area contributed by atoms with Gasteiger partial charge < -0.3 is 20.1 Å². The highest BCUT2D eigenvalue weighted by Gasteiger charge is 2.13. The summed E-state index contributed by atoms with van der Waals surface area (Å²) in [7, 11) is 0. The van der Waals surface area contributed by atoms with E-state index in [1.807, 2.05) is 43.3 Å². The first-order valence-corrected chi connectivity index (χ1v) is 10.5. The quantitative estimate of drug-likeness (QED) is 0.503. The second kappa shape index (κ2) is 11.5. The Bertz CT molecular complexity index is 1020. The van der Waals surface area contributed by atoms with Crippen LogP contribution in [0, 0.1) is 0 Å². The molecule has 1 heterocycles. The molecule has 0 saturated heterocycles. The van der Waals surface area contributed by atoms with Gasteiger partial charge in [0.1, 0.15) is 11.5 Å². The SMILES string of the molecule is CCOc1ccc(Oc2cc(CNC(=O)CC(C)NC(=O)c3ccccc3)ccn2)cc1. The summed E-state index contributed by atoms with van der Waals surface area (Å²) >= 11 is 0. The lowest BCUT2D eigenvalue weighted by Crippen LogP contribution is -2.37. The molecule has 0 radical (unpaired) electrons. The van der Waals surface area contributed by atoms with E-state index in [0.29, 0.717) is 30.3 Å². The van der Waals surface area contributed by atoms with Crippen LogP contribution >= 0.6 is 0 Å². The number of aromatic nitrogens is 1.